The van der Waals surface area contributed by atoms with Crippen LogP contribution in [-0.2, 0) is 4.74 Å². The van der Waals surface area contributed by atoms with E-state index in [2.05, 4.69) is 10.3 Å². The van der Waals surface area contributed by atoms with E-state index < -0.39 is 60.7 Å². The van der Waals surface area contributed by atoms with Crippen LogP contribution in [0.25, 0.3) is 0 Å². The number of rotatable bonds is 8. The first-order chi connectivity index (χ1) is 19.5. The Kier molecular flexibility index (Phi) is 8.82. The van der Waals surface area contributed by atoms with Gasteiger partial charge >= 0.3 is 0 Å². The minimum Gasteiger partial charge on any atom is -0.507 e. The molecule has 0 radical (unpaired) electrons. The summed E-state index contributed by atoms with van der Waals surface area (Å²) >= 11 is 0. The van der Waals surface area contributed by atoms with Gasteiger partial charge in [-0.25, -0.2) is 0 Å². The molecule has 0 unspecified atom stereocenters. The third-order valence-electron chi connectivity index (χ3n) is 7.22. The number of nitrogens with one attached hydrogen (secondary N) is 1. The number of fused-ring (bicyclic) bond motifs is 2. The highest BCUT2D eigenvalue weighted by Gasteiger charge is 2.46. The number of nitrogens with two attached hydrogens (primary N) is 1. The number of benzene rings is 2. The molecule has 2 aromatic rings. The van der Waals surface area contributed by atoms with Crippen LogP contribution < -0.4 is 20.5 Å². The zero-order chi connectivity index (χ0) is 30.2. The monoisotopic (exact) mass is 575 g/mol. The molecule has 1 aliphatic carbocycles. The minimum atomic E-state index is -1.80. The predicted octanol–water partition coefficient (Wildman–Crippen LogP) is -1.38. The molecule has 2 aromatic carbocycles. The molecule has 9 N–H and O–H groups in total. The summed E-state index contributed by atoms with van der Waals surface area (Å²) in [7, 11) is 2.77. The van der Waals surface area contributed by atoms with Crippen LogP contribution in [0.1, 0.15) is 55.4 Å². The van der Waals surface area contributed by atoms with Crippen molar-refractivity contribution in [2.45, 2.75) is 50.1 Å². The van der Waals surface area contributed by atoms with Gasteiger partial charge in [0, 0.05) is 36.4 Å². The lowest BCUT2D eigenvalue weighted by atomic mass is 9.79. The second-order valence-electron chi connectivity index (χ2n) is 9.72. The van der Waals surface area contributed by atoms with Crippen molar-refractivity contribution >= 4 is 17.5 Å². The molecule has 222 valence electrons. The molecule has 14 nitrogen and oxygen atoms in total. The number of aliphatic hydroxyl groups excluding tert-OH is 5. The second-order valence-corrected chi connectivity index (χ2v) is 9.72. The Morgan fingerprint density at radius 1 is 1.07 bits per heavy atom. The second kappa shape index (κ2) is 12.0. The Hall–Kier alpha value is -3.79. The number of aryl methyl sites for hydroxylation is 1. The number of carbonyl (C=O) groups excluding carboxylic acids is 2. The number of aliphatic hydroxyl groups is 5. The highest BCUT2D eigenvalue weighted by atomic mass is 16.7. The summed E-state index contributed by atoms with van der Waals surface area (Å²) in [5.74, 6) is -2.06. The van der Waals surface area contributed by atoms with Gasteiger partial charge in [-0.3, -0.25) is 14.6 Å². The van der Waals surface area contributed by atoms with E-state index in [-0.39, 0.29) is 58.3 Å². The molecule has 6 atom stereocenters. The molecule has 1 fully saturated rings. The van der Waals surface area contributed by atoms with Crippen molar-refractivity contribution in [3.8, 4) is 17.2 Å². The van der Waals surface area contributed by atoms with Crippen molar-refractivity contribution in [2.24, 2.45) is 10.7 Å². The molecule has 0 spiro atoms. The van der Waals surface area contributed by atoms with E-state index in [1.165, 1.54) is 32.4 Å². The normalized spacial score (nSPS) is 24.9. The summed E-state index contributed by atoms with van der Waals surface area (Å²) in [6.07, 6.45) is -8.06. The number of aliphatic imine (C=N–C) groups is 1. The first-order valence-corrected chi connectivity index (χ1v) is 12.7. The number of hydrogen-bond donors (Lipinski definition) is 8. The van der Waals surface area contributed by atoms with Crippen molar-refractivity contribution in [3.05, 3.63) is 51.6 Å². The van der Waals surface area contributed by atoms with Crippen LogP contribution in [0.2, 0.25) is 0 Å². The fourth-order valence-corrected chi connectivity index (χ4v) is 5.10. The number of carbonyl (C=O) groups is 2. The molecular weight excluding hydrogens is 542 g/mol. The van der Waals surface area contributed by atoms with Gasteiger partial charge < -0.3 is 55.9 Å². The summed E-state index contributed by atoms with van der Waals surface area (Å²) in [6, 6.07) is 3.28. The number of nitrogens with zero attached hydrogens (tertiary/aromatic N) is 1. The fourth-order valence-electron chi connectivity index (χ4n) is 5.10. The lowest BCUT2D eigenvalue weighted by Crippen LogP contribution is -2.60. The molecule has 0 amide bonds. The van der Waals surface area contributed by atoms with E-state index in [9.17, 15) is 40.2 Å². The number of ether oxygens (including phenoxy) is 3. The van der Waals surface area contributed by atoms with Crippen molar-refractivity contribution in [2.75, 3.05) is 27.4 Å². The quantitative estimate of drug-likeness (QED) is 0.114. The lowest BCUT2D eigenvalue weighted by Gasteiger charge is -2.39. The highest BCUT2D eigenvalue weighted by molar-refractivity contribution is 6.30. The number of phenolic OH excluding ortho intramolecular Hbond substituents is 1. The molecular formula is C27H33N3O11. The van der Waals surface area contributed by atoms with Crippen molar-refractivity contribution in [1.82, 2.24) is 5.32 Å². The van der Waals surface area contributed by atoms with Gasteiger partial charge in [0.1, 0.15) is 41.7 Å². The molecule has 41 heavy (non-hydrogen) atoms. The Morgan fingerprint density at radius 3 is 2.37 bits per heavy atom. The van der Waals surface area contributed by atoms with Gasteiger partial charge in [-0.2, -0.15) is 0 Å². The lowest BCUT2D eigenvalue weighted by molar-refractivity contribution is -0.277. The largest absolute Gasteiger partial charge is 0.507 e. The third kappa shape index (κ3) is 5.32. The van der Waals surface area contributed by atoms with E-state index in [0.29, 0.717) is 5.56 Å². The van der Waals surface area contributed by atoms with Crippen molar-refractivity contribution in [3.63, 3.8) is 0 Å². The topological polar surface area (TPSA) is 234 Å². The maximum atomic E-state index is 14.0. The van der Waals surface area contributed by atoms with Crippen molar-refractivity contribution in [1.29, 1.82) is 0 Å². The van der Waals surface area contributed by atoms with Crippen LogP contribution in [0.15, 0.2) is 23.2 Å². The van der Waals surface area contributed by atoms with E-state index in [1.54, 1.807) is 6.92 Å². The van der Waals surface area contributed by atoms with Crippen LogP contribution in [0.4, 0.5) is 0 Å². The van der Waals surface area contributed by atoms with Crippen LogP contribution in [0, 0.1) is 6.92 Å². The van der Waals surface area contributed by atoms with E-state index in [0.717, 1.165) is 0 Å². The molecule has 14 heteroatoms. The standard InChI is InChI=1S/C27H33N3O11/c1-10-6-12-19(22(35)17(10)14(4-5-31)30-27(28)29-2)23(36)18-13(20(12)33)7-11(39-3)8-15(18)40-26-25(38)24(37)21(34)16(9-32)41-26/h6-8,14,16,21,24-26,31-32,34-35,37-38H,4-5,9H2,1-3H3,(H3,28,29,30)/t14-,16+,21+,24-,25+,26-/m0/s1. The fraction of sp³-hybridized carbons (Fsp3) is 0.444. The van der Waals surface area contributed by atoms with Crippen molar-refractivity contribution < 1.29 is 54.4 Å². The zero-order valence-corrected chi connectivity index (χ0v) is 22.6. The van der Waals surface area contributed by atoms with Gasteiger partial charge in [-0.15, -0.1) is 0 Å². The van der Waals surface area contributed by atoms with Gasteiger partial charge in [0.2, 0.25) is 12.1 Å². The zero-order valence-electron chi connectivity index (χ0n) is 22.6. The number of ketones is 2. The number of aromatic hydroxyl groups is 1. The first-order valence-electron chi connectivity index (χ1n) is 12.7. The number of guanidine groups is 1. The van der Waals surface area contributed by atoms with Gasteiger partial charge in [-0.1, -0.05) is 0 Å². The van der Waals surface area contributed by atoms with Crippen LogP contribution in [0.5, 0.6) is 17.2 Å². The number of methoxy groups -OCH3 is 1. The minimum absolute atomic E-state index is 0.0232. The van der Waals surface area contributed by atoms with Gasteiger partial charge in [0.05, 0.1) is 30.9 Å². The third-order valence-corrected chi connectivity index (χ3v) is 7.22. The molecule has 0 bridgehead atoms. The highest BCUT2D eigenvalue weighted by Crippen LogP contribution is 2.44. The summed E-state index contributed by atoms with van der Waals surface area (Å²) in [5, 5.41) is 64.2. The molecule has 0 saturated carbocycles. The molecule has 1 heterocycles. The predicted molar refractivity (Wildman–Crippen MR) is 142 cm³/mol. The van der Waals surface area contributed by atoms with Gasteiger partial charge in [-0.05, 0) is 31.0 Å². The SMILES string of the molecule is CN=C(N)N[C@@H](CCO)c1c(C)cc2c(c1O)C(=O)c1c(O[C@H]3O[C@H](CO)[C@@H](O)[C@H](O)[C@H]3O)cc(OC)cc1C2=O. The average molecular weight is 576 g/mol. The molecule has 2 aliphatic rings. The Bertz CT molecular complexity index is 1380. The summed E-state index contributed by atoms with van der Waals surface area (Å²) in [4.78, 5) is 31.5. The Labute approximate surface area is 234 Å². The molecule has 1 aliphatic heterocycles. The van der Waals surface area contributed by atoms with E-state index >= 15 is 0 Å². The van der Waals surface area contributed by atoms with Crippen LogP contribution >= 0.6 is 0 Å². The van der Waals surface area contributed by atoms with Crippen LogP contribution in [-0.4, -0.2) is 106 Å². The molecule has 0 aromatic heterocycles. The van der Waals surface area contributed by atoms with Gasteiger partial charge in [0.15, 0.2) is 11.7 Å². The first kappa shape index (κ1) is 30.2. The van der Waals surface area contributed by atoms with E-state index in [1.807, 2.05) is 0 Å². The average Bonchev–Trinajstić information content (AvgIpc) is 2.95. The van der Waals surface area contributed by atoms with E-state index in [4.69, 9.17) is 19.9 Å². The Morgan fingerprint density at radius 2 is 1.76 bits per heavy atom. The van der Waals surface area contributed by atoms with Gasteiger partial charge in [0.25, 0.3) is 0 Å². The Balaban J connectivity index is 1.85. The number of phenols is 1. The van der Waals surface area contributed by atoms with Crippen LogP contribution in [0.3, 0.4) is 0 Å². The summed E-state index contributed by atoms with van der Waals surface area (Å²) in [6.45, 7) is 0.627. The molecule has 1 saturated heterocycles. The number of hydrogen-bond acceptors (Lipinski definition) is 12. The smallest absolute Gasteiger partial charge is 0.229 e. The maximum Gasteiger partial charge on any atom is 0.229 e. The maximum absolute atomic E-state index is 14.0. The summed E-state index contributed by atoms with van der Waals surface area (Å²) < 4.78 is 16.5. The molecule has 4 rings (SSSR count). The summed E-state index contributed by atoms with van der Waals surface area (Å²) in [5.41, 5.74) is 5.72.